The highest BCUT2D eigenvalue weighted by Crippen LogP contribution is 1.99. The number of nitrogens with zero attached hydrogens (tertiary/aromatic N) is 2. The van der Waals surface area contributed by atoms with E-state index in [1.165, 1.54) is 0 Å². The van der Waals surface area contributed by atoms with Crippen molar-refractivity contribution in [3.8, 4) is 0 Å². The summed E-state index contributed by atoms with van der Waals surface area (Å²) in [5, 5.41) is 70.7. The molecule has 0 aliphatic heterocycles. The first-order chi connectivity index (χ1) is 14.1. The number of carboxylic acid groups (broad SMARTS) is 4. The van der Waals surface area contributed by atoms with Crippen LogP contribution in [0.25, 0.3) is 0 Å². The average molecular weight is 472 g/mol. The first-order valence-corrected chi connectivity index (χ1v) is 9.27. The Balaban J connectivity index is -0.000000395. The number of aliphatic hydroxyl groups is 4. The van der Waals surface area contributed by atoms with Crippen molar-refractivity contribution in [2.24, 2.45) is 0 Å². The van der Waals surface area contributed by atoms with Gasteiger partial charge >= 0.3 is 11.9 Å². The lowest BCUT2D eigenvalue weighted by molar-refractivity contribution is -0.873. The summed E-state index contributed by atoms with van der Waals surface area (Å²) in [6.45, 7) is 0.929. The van der Waals surface area contributed by atoms with Gasteiger partial charge in [0.15, 0.2) is 0 Å². The molecule has 0 saturated carbocycles. The summed E-state index contributed by atoms with van der Waals surface area (Å²) >= 11 is 0. The standard InChI is InChI=1S/2C7H15NO3.C4H6O6/c2*1-8(2,3)5-6(9)4-7(10)11;5-1(3(7)8)2(6)4(9)10/h2*6,9H,4-5H2,1-3H3;1-2,5-6H,(H,7,8)(H,9,10)/t2*6-;/m11./s1. The number of hydrogen-bond donors (Lipinski definition) is 6. The largest absolute Gasteiger partial charge is 0.547 e. The highest BCUT2D eigenvalue weighted by Gasteiger charge is 2.19. The molecule has 14 nitrogen and oxygen atoms in total. The minimum atomic E-state index is -2.44. The van der Waals surface area contributed by atoms with Gasteiger partial charge in [0, 0.05) is 0 Å². The van der Waals surface area contributed by atoms with Crippen molar-refractivity contribution in [2.45, 2.75) is 37.3 Å². The fourth-order valence-corrected chi connectivity index (χ4v) is 2.05. The Morgan fingerprint density at radius 1 is 0.625 bits per heavy atom. The molecule has 0 saturated heterocycles. The van der Waals surface area contributed by atoms with Crippen LogP contribution in [0.4, 0.5) is 0 Å². The van der Waals surface area contributed by atoms with Gasteiger partial charge in [0.2, 0.25) is 0 Å². The smallest absolute Gasteiger partial charge is 0.306 e. The van der Waals surface area contributed by atoms with Crippen LogP contribution in [0.15, 0.2) is 0 Å². The molecule has 4 atom stereocenters. The predicted octanol–water partition coefficient (Wildman–Crippen LogP) is -5.74. The molecule has 0 bridgehead atoms. The third-order valence-electron chi connectivity index (χ3n) is 3.12. The maximum absolute atomic E-state index is 10.1. The van der Waals surface area contributed by atoms with Crippen molar-refractivity contribution in [3.05, 3.63) is 0 Å². The van der Waals surface area contributed by atoms with Crippen molar-refractivity contribution < 1.29 is 69.0 Å². The van der Waals surface area contributed by atoms with E-state index in [4.69, 9.17) is 30.6 Å². The molecule has 0 heterocycles. The Morgan fingerprint density at radius 2 is 0.844 bits per heavy atom. The second kappa shape index (κ2) is 15.4. The van der Waals surface area contributed by atoms with Crippen molar-refractivity contribution in [1.82, 2.24) is 0 Å². The molecule has 32 heavy (non-hydrogen) atoms. The van der Waals surface area contributed by atoms with Crippen LogP contribution in [-0.4, -0.2) is 143 Å². The fourth-order valence-electron chi connectivity index (χ4n) is 2.05. The molecule has 0 radical (unpaired) electrons. The number of carbonyl (C=O) groups is 4. The second-order valence-electron chi connectivity index (χ2n) is 8.98. The molecule has 0 amide bonds. The quantitative estimate of drug-likeness (QED) is 0.154. The number of carboxylic acids is 4. The molecule has 0 aromatic carbocycles. The lowest BCUT2D eigenvalue weighted by atomic mass is 10.2. The lowest BCUT2D eigenvalue weighted by Crippen LogP contribution is -2.51. The molecule has 0 aromatic heterocycles. The van der Waals surface area contributed by atoms with Crippen molar-refractivity contribution in [1.29, 1.82) is 0 Å². The summed E-state index contributed by atoms with van der Waals surface area (Å²) in [4.78, 5) is 39.5. The lowest BCUT2D eigenvalue weighted by Gasteiger charge is -2.25. The number of aliphatic carboxylic acids is 4. The Hall–Kier alpha value is -2.36. The molecule has 0 rings (SSSR count). The minimum Gasteiger partial charge on any atom is -0.547 e. The molecule has 190 valence electrons. The maximum Gasteiger partial charge on any atom is 0.306 e. The van der Waals surface area contributed by atoms with E-state index >= 15 is 0 Å². The molecule has 0 aromatic rings. The van der Waals surface area contributed by atoms with Crippen LogP contribution >= 0.6 is 0 Å². The molecular formula is C18H36N2O12. The number of quaternary nitrogens is 2. The van der Waals surface area contributed by atoms with Crippen LogP contribution in [0.3, 0.4) is 0 Å². The van der Waals surface area contributed by atoms with Crippen LogP contribution in [0.1, 0.15) is 12.8 Å². The van der Waals surface area contributed by atoms with E-state index in [0.29, 0.717) is 22.1 Å². The monoisotopic (exact) mass is 472 g/mol. The van der Waals surface area contributed by atoms with Gasteiger partial charge in [-0.05, 0) is 0 Å². The average Bonchev–Trinajstić information content (AvgIpc) is 2.48. The Kier molecular flexibility index (Phi) is 16.5. The van der Waals surface area contributed by atoms with Crippen molar-refractivity contribution in [2.75, 3.05) is 55.4 Å². The molecule has 0 fully saturated rings. The van der Waals surface area contributed by atoms with Gasteiger partial charge in [-0.2, -0.15) is 0 Å². The number of likely N-dealkylation sites (N-methyl/N-ethyl adjacent to an activating group) is 2. The first kappa shape index (κ1) is 34.3. The van der Waals surface area contributed by atoms with E-state index in [-0.39, 0.29) is 12.8 Å². The van der Waals surface area contributed by atoms with Crippen LogP contribution in [0.5, 0.6) is 0 Å². The summed E-state index contributed by atoms with van der Waals surface area (Å²) in [6, 6.07) is 0. The highest BCUT2D eigenvalue weighted by molar-refractivity contribution is 5.80. The number of hydrogen-bond acceptors (Lipinski definition) is 10. The van der Waals surface area contributed by atoms with Gasteiger partial charge in [-0.3, -0.25) is 9.59 Å². The summed E-state index contributed by atoms with van der Waals surface area (Å²) in [5.74, 6) is -6.02. The topological polar surface area (TPSA) is 236 Å². The molecule has 0 spiro atoms. The van der Waals surface area contributed by atoms with Crippen molar-refractivity contribution >= 4 is 23.9 Å². The first-order valence-electron chi connectivity index (χ1n) is 9.27. The van der Waals surface area contributed by atoms with Gasteiger partial charge in [0.05, 0.1) is 67.1 Å². The van der Waals surface area contributed by atoms with Crippen LogP contribution in [0.2, 0.25) is 0 Å². The highest BCUT2D eigenvalue weighted by atomic mass is 16.4. The zero-order valence-corrected chi connectivity index (χ0v) is 19.2. The minimum absolute atomic E-state index is 0.171. The zero-order valence-electron chi connectivity index (χ0n) is 19.2. The van der Waals surface area contributed by atoms with Gasteiger partial charge in [-0.25, -0.2) is 0 Å². The number of carbonyl (C=O) groups excluding carboxylic acids is 2. The summed E-state index contributed by atoms with van der Waals surface area (Å²) in [6.07, 6.45) is -6.71. The van der Waals surface area contributed by atoms with Crippen LogP contribution < -0.4 is 10.2 Å². The van der Waals surface area contributed by atoms with E-state index < -0.39 is 48.3 Å². The van der Waals surface area contributed by atoms with E-state index in [9.17, 15) is 29.4 Å². The molecular weight excluding hydrogens is 436 g/mol. The maximum atomic E-state index is 10.1. The third-order valence-corrected chi connectivity index (χ3v) is 3.12. The van der Waals surface area contributed by atoms with Gasteiger partial charge < -0.3 is 59.4 Å². The van der Waals surface area contributed by atoms with E-state index in [0.717, 1.165) is 0 Å². The van der Waals surface area contributed by atoms with Gasteiger partial charge in [0.25, 0.3) is 0 Å². The van der Waals surface area contributed by atoms with E-state index in [1.54, 1.807) is 0 Å². The summed E-state index contributed by atoms with van der Waals surface area (Å²) in [5.41, 5.74) is 0. The van der Waals surface area contributed by atoms with E-state index in [1.807, 2.05) is 42.3 Å². The molecule has 0 aliphatic rings. The van der Waals surface area contributed by atoms with Crippen LogP contribution in [-0.2, 0) is 19.2 Å². The Labute approximate surface area is 186 Å². The predicted molar refractivity (Wildman–Crippen MR) is 104 cm³/mol. The van der Waals surface area contributed by atoms with Crippen LogP contribution in [0, 0.1) is 0 Å². The molecule has 14 heteroatoms. The Morgan fingerprint density at radius 3 is 0.969 bits per heavy atom. The van der Waals surface area contributed by atoms with Gasteiger partial charge in [0.1, 0.15) is 37.5 Å². The SMILES string of the molecule is C[N+](C)(C)C[C@H](O)CC(=O)O.C[N+](C)(C)C[C@H](O)CC(=O)O.O=C([O-])C(O)C(O)C(=O)[O-]. The fraction of sp³-hybridized carbons (Fsp3) is 0.778. The molecule has 0 aliphatic carbocycles. The van der Waals surface area contributed by atoms with Gasteiger partial charge in [-0.15, -0.1) is 0 Å². The van der Waals surface area contributed by atoms with Crippen molar-refractivity contribution in [3.63, 3.8) is 0 Å². The summed E-state index contributed by atoms with van der Waals surface area (Å²) in [7, 11) is 11.4. The number of aliphatic hydroxyl groups excluding tert-OH is 4. The van der Waals surface area contributed by atoms with Gasteiger partial charge in [-0.1, -0.05) is 0 Å². The number of rotatable bonds is 11. The second-order valence-corrected chi connectivity index (χ2v) is 8.98. The summed E-state index contributed by atoms with van der Waals surface area (Å²) < 4.78 is 1.16. The third kappa shape index (κ3) is 25.7. The molecule has 6 N–H and O–H groups in total. The normalized spacial score (nSPS) is 14.9. The Bertz CT molecular complexity index is 546. The molecule has 2 unspecified atom stereocenters. The van der Waals surface area contributed by atoms with E-state index in [2.05, 4.69) is 0 Å². The zero-order chi connectivity index (χ0) is 26.4.